The fraction of sp³-hybridized carbons (Fsp3) is 0.600. The fourth-order valence-electron chi connectivity index (χ4n) is 2.11. The third kappa shape index (κ3) is 3.12. The Morgan fingerprint density at radius 3 is 2.76 bits per heavy atom. The number of hydrogen-bond acceptors (Lipinski definition) is 4. The predicted molar refractivity (Wildman–Crippen MR) is 68.8 cm³/mol. The lowest BCUT2D eigenvalue weighted by Gasteiger charge is -2.16. The summed E-state index contributed by atoms with van der Waals surface area (Å²) in [5.41, 5.74) is 1.08. The quantitative estimate of drug-likeness (QED) is 0.813. The molecule has 17 heavy (non-hydrogen) atoms. The molecule has 1 aliphatic rings. The normalized spacial score (nSPS) is 22.5. The van der Waals surface area contributed by atoms with Gasteiger partial charge < -0.3 is 14.6 Å². The number of carbonyl (C=O) groups is 1. The molecule has 1 fully saturated rings. The third-order valence-corrected chi connectivity index (χ3v) is 2.95. The van der Waals surface area contributed by atoms with Crippen molar-refractivity contribution in [2.75, 3.05) is 20.2 Å². The number of hydrogen-bond donors (Lipinski definition) is 1. The van der Waals surface area contributed by atoms with Gasteiger partial charge in [0.1, 0.15) is 0 Å². The number of methoxy groups -OCH3 is 1. The van der Waals surface area contributed by atoms with Gasteiger partial charge >= 0.3 is 5.97 Å². The number of nitrogens with one attached hydrogen (secondary N) is 1. The van der Waals surface area contributed by atoms with Crippen LogP contribution < -0.4 is 5.32 Å². The molecule has 1 saturated heterocycles. The van der Waals surface area contributed by atoms with Crippen LogP contribution in [-0.2, 0) is 16.6 Å². The Morgan fingerprint density at radius 1 is 1.53 bits per heavy atom. The van der Waals surface area contributed by atoms with E-state index in [-0.39, 0.29) is 42.6 Å². The maximum atomic E-state index is 11.5. The zero-order chi connectivity index (χ0) is 10.8. The molecule has 1 N–H and O–H groups in total. The molecule has 0 amide bonds. The van der Waals surface area contributed by atoms with Crippen molar-refractivity contribution in [1.82, 2.24) is 14.9 Å². The molecule has 1 aromatic rings. The number of halogens is 2. The lowest BCUT2D eigenvalue weighted by molar-refractivity contribution is -0.145. The van der Waals surface area contributed by atoms with E-state index < -0.39 is 0 Å². The van der Waals surface area contributed by atoms with Crippen molar-refractivity contribution in [3.8, 4) is 0 Å². The van der Waals surface area contributed by atoms with Crippen LogP contribution in [0.1, 0.15) is 11.6 Å². The molecule has 2 rings (SSSR count). The summed E-state index contributed by atoms with van der Waals surface area (Å²) in [7, 11) is 3.37. The average Bonchev–Trinajstić information content (AvgIpc) is 2.84. The molecule has 0 spiro atoms. The number of carbonyl (C=O) groups excluding carboxylic acids is 1. The van der Waals surface area contributed by atoms with E-state index in [0.717, 1.165) is 12.2 Å². The topological polar surface area (TPSA) is 56.1 Å². The Morgan fingerprint density at radius 2 is 2.24 bits per heavy atom. The Hall–Kier alpha value is -0.780. The predicted octanol–water partition coefficient (Wildman–Crippen LogP) is 0.740. The number of nitrogens with zero attached hydrogens (tertiary/aromatic N) is 2. The van der Waals surface area contributed by atoms with Gasteiger partial charge in [-0.05, 0) is 0 Å². The smallest absolute Gasteiger partial charge is 0.310 e. The van der Waals surface area contributed by atoms with Crippen molar-refractivity contribution in [2.24, 2.45) is 13.0 Å². The van der Waals surface area contributed by atoms with E-state index in [1.54, 1.807) is 6.33 Å². The van der Waals surface area contributed by atoms with Crippen LogP contribution in [0.2, 0.25) is 0 Å². The van der Waals surface area contributed by atoms with Crippen molar-refractivity contribution in [2.45, 2.75) is 5.92 Å². The van der Waals surface area contributed by atoms with Crippen LogP contribution >= 0.6 is 24.8 Å². The zero-order valence-corrected chi connectivity index (χ0v) is 11.4. The first-order valence-electron chi connectivity index (χ1n) is 4.98. The van der Waals surface area contributed by atoms with E-state index >= 15 is 0 Å². The second kappa shape index (κ2) is 6.83. The molecule has 0 radical (unpaired) electrons. The molecular formula is C10H17Cl2N3O2. The highest BCUT2D eigenvalue weighted by Crippen LogP contribution is 2.28. The van der Waals surface area contributed by atoms with E-state index in [9.17, 15) is 4.79 Å². The van der Waals surface area contributed by atoms with Crippen molar-refractivity contribution in [3.05, 3.63) is 18.2 Å². The van der Waals surface area contributed by atoms with Gasteiger partial charge in [0, 0.05) is 37.9 Å². The van der Waals surface area contributed by atoms with E-state index in [1.807, 2.05) is 17.8 Å². The van der Waals surface area contributed by atoms with Gasteiger partial charge in [0.15, 0.2) is 0 Å². The van der Waals surface area contributed by atoms with E-state index in [1.165, 1.54) is 7.11 Å². The fourth-order valence-corrected chi connectivity index (χ4v) is 2.11. The van der Waals surface area contributed by atoms with Crippen LogP contribution in [0.25, 0.3) is 0 Å². The summed E-state index contributed by atoms with van der Waals surface area (Å²) in [4.78, 5) is 15.6. The summed E-state index contributed by atoms with van der Waals surface area (Å²) in [6.07, 6.45) is 3.57. The molecule has 98 valence electrons. The van der Waals surface area contributed by atoms with Crippen LogP contribution in [0.5, 0.6) is 0 Å². The van der Waals surface area contributed by atoms with Gasteiger partial charge in [-0.15, -0.1) is 24.8 Å². The zero-order valence-electron chi connectivity index (χ0n) is 9.75. The maximum absolute atomic E-state index is 11.5. The number of aryl methyl sites for hydroxylation is 1. The monoisotopic (exact) mass is 281 g/mol. The van der Waals surface area contributed by atoms with Crippen molar-refractivity contribution >= 4 is 30.8 Å². The van der Waals surface area contributed by atoms with Gasteiger partial charge in [-0.1, -0.05) is 0 Å². The van der Waals surface area contributed by atoms with E-state index in [0.29, 0.717) is 6.54 Å². The van der Waals surface area contributed by atoms with Crippen LogP contribution in [0.3, 0.4) is 0 Å². The Labute approximate surface area is 113 Å². The number of ether oxygens (including phenoxy) is 1. The van der Waals surface area contributed by atoms with Gasteiger partial charge in [0.2, 0.25) is 0 Å². The summed E-state index contributed by atoms with van der Waals surface area (Å²) in [6, 6.07) is 0. The lowest BCUT2D eigenvalue weighted by Crippen LogP contribution is -2.23. The van der Waals surface area contributed by atoms with E-state index in [2.05, 4.69) is 10.3 Å². The minimum Gasteiger partial charge on any atom is -0.469 e. The van der Waals surface area contributed by atoms with Gasteiger partial charge in [-0.2, -0.15) is 0 Å². The standard InChI is InChI=1S/C10H15N3O2.2ClH/c1-13-6-12-5-9(13)7-3-11-4-8(7)10(14)15-2;;/h5-8,11H,3-4H2,1-2H3;2*1H/t7-,8-;;/m1../s1. The molecule has 0 saturated carbocycles. The molecular weight excluding hydrogens is 265 g/mol. The largest absolute Gasteiger partial charge is 0.469 e. The van der Waals surface area contributed by atoms with Crippen molar-refractivity contribution < 1.29 is 9.53 Å². The van der Waals surface area contributed by atoms with Crippen LogP contribution in [0.4, 0.5) is 0 Å². The molecule has 0 aliphatic carbocycles. The molecule has 2 atom stereocenters. The van der Waals surface area contributed by atoms with Crippen molar-refractivity contribution in [3.63, 3.8) is 0 Å². The molecule has 7 heteroatoms. The summed E-state index contributed by atoms with van der Waals surface area (Å²) in [6.45, 7) is 1.49. The highest BCUT2D eigenvalue weighted by molar-refractivity contribution is 5.85. The molecule has 5 nitrogen and oxygen atoms in total. The van der Waals surface area contributed by atoms with Gasteiger partial charge in [-0.25, -0.2) is 4.98 Å². The summed E-state index contributed by atoms with van der Waals surface area (Å²) < 4.78 is 6.75. The minimum absolute atomic E-state index is 0. The number of aromatic nitrogens is 2. The number of rotatable bonds is 2. The molecule has 0 bridgehead atoms. The van der Waals surface area contributed by atoms with Crippen LogP contribution in [-0.4, -0.2) is 35.7 Å². The maximum Gasteiger partial charge on any atom is 0.310 e. The third-order valence-electron chi connectivity index (χ3n) is 2.95. The van der Waals surface area contributed by atoms with E-state index in [4.69, 9.17) is 4.74 Å². The molecule has 0 aromatic carbocycles. The van der Waals surface area contributed by atoms with Crippen molar-refractivity contribution in [1.29, 1.82) is 0 Å². The summed E-state index contributed by atoms with van der Waals surface area (Å²) >= 11 is 0. The van der Waals surface area contributed by atoms with Crippen LogP contribution in [0.15, 0.2) is 12.5 Å². The molecule has 2 heterocycles. The average molecular weight is 282 g/mol. The molecule has 0 unspecified atom stereocenters. The molecule has 1 aliphatic heterocycles. The SMILES string of the molecule is COC(=O)[C@@H]1CNC[C@H]1c1cncn1C.Cl.Cl. The number of esters is 1. The van der Waals surface area contributed by atoms with Gasteiger partial charge in [0.25, 0.3) is 0 Å². The molecule has 1 aromatic heterocycles. The Bertz CT molecular complexity index is 370. The first-order chi connectivity index (χ1) is 7.24. The first-order valence-corrected chi connectivity index (χ1v) is 4.98. The second-order valence-electron chi connectivity index (χ2n) is 3.82. The number of imidazole rings is 1. The lowest BCUT2D eigenvalue weighted by atomic mass is 9.93. The summed E-state index contributed by atoms with van der Waals surface area (Å²) in [5.74, 6) is -0.0680. The Balaban J connectivity index is 0.00000128. The van der Waals surface area contributed by atoms with Gasteiger partial charge in [-0.3, -0.25) is 4.79 Å². The van der Waals surface area contributed by atoms with Crippen LogP contribution in [0, 0.1) is 5.92 Å². The highest BCUT2D eigenvalue weighted by atomic mass is 35.5. The highest BCUT2D eigenvalue weighted by Gasteiger charge is 2.36. The first kappa shape index (κ1) is 16.2. The minimum atomic E-state index is -0.147. The van der Waals surface area contributed by atoms with Gasteiger partial charge in [0.05, 0.1) is 19.4 Å². The Kier molecular flexibility index (Phi) is 6.52. The second-order valence-corrected chi connectivity index (χ2v) is 3.82. The summed E-state index contributed by atoms with van der Waals surface area (Å²) in [5, 5.41) is 3.21.